The van der Waals surface area contributed by atoms with Gasteiger partial charge >= 0.3 is 12.1 Å². The van der Waals surface area contributed by atoms with Gasteiger partial charge in [-0.1, -0.05) is 6.07 Å². The molecule has 0 unspecified atom stereocenters. The van der Waals surface area contributed by atoms with E-state index in [1.165, 1.54) is 11.3 Å². The fraction of sp³-hybridized carbons (Fsp3) is 0.357. The Kier molecular flexibility index (Phi) is 4.77. The molecule has 1 saturated heterocycles. The van der Waals surface area contributed by atoms with Crippen molar-refractivity contribution >= 4 is 33.4 Å². The van der Waals surface area contributed by atoms with E-state index in [1.807, 2.05) is 17.5 Å². The van der Waals surface area contributed by atoms with Gasteiger partial charge in [0.15, 0.2) is 0 Å². The van der Waals surface area contributed by atoms with E-state index in [2.05, 4.69) is 10.4 Å². The third-order valence-corrected chi connectivity index (χ3v) is 5.89. The lowest BCUT2D eigenvalue weighted by molar-refractivity contribution is 0.193. The molecule has 3 rings (SSSR count). The minimum Gasteiger partial charge on any atom is -0.335 e. The standard InChI is InChI=1S/C14H17N5O4S2/c1-25(22,23)19-8-7-17(14(19)21)13(20)15-10-11(12-4-2-9-24-12)18-6-3-5-16-18/h2-6,9,11H,7-8,10H2,1H3,(H,15,20)/t11-/m1/s1. The van der Waals surface area contributed by atoms with Crippen LogP contribution in [-0.4, -0.2) is 65.4 Å². The van der Waals surface area contributed by atoms with Gasteiger partial charge in [-0.3, -0.25) is 4.68 Å². The molecular weight excluding hydrogens is 366 g/mol. The molecule has 0 radical (unpaired) electrons. The third kappa shape index (κ3) is 3.66. The predicted octanol–water partition coefficient (Wildman–Crippen LogP) is 0.941. The van der Waals surface area contributed by atoms with Crippen LogP contribution in [0, 0.1) is 0 Å². The number of hydrogen-bond acceptors (Lipinski definition) is 6. The van der Waals surface area contributed by atoms with Gasteiger partial charge in [0.2, 0.25) is 10.0 Å². The third-order valence-electron chi connectivity index (χ3n) is 3.78. The van der Waals surface area contributed by atoms with E-state index in [0.717, 1.165) is 16.0 Å². The summed E-state index contributed by atoms with van der Waals surface area (Å²) in [5.74, 6) is 0. The first kappa shape index (κ1) is 17.4. The van der Waals surface area contributed by atoms with Crippen LogP contribution in [0.2, 0.25) is 0 Å². The Labute approximate surface area is 148 Å². The number of nitrogens with one attached hydrogen (secondary N) is 1. The Morgan fingerprint density at radius 1 is 1.40 bits per heavy atom. The van der Waals surface area contributed by atoms with Gasteiger partial charge in [0.25, 0.3) is 0 Å². The van der Waals surface area contributed by atoms with Crippen LogP contribution < -0.4 is 5.32 Å². The molecule has 1 fully saturated rings. The smallest absolute Gasteiger partial charge is 0.335 e. The molecule has 0 saturated carbocycles. The van der Waals surface area contributed by atoms with Crippen LogP contribution in [0.3, 0.4) is 0 Å². The first-order valence-electron chi connectivity index (χ1n) is 7.47. The molecule has 0 spiro atoms. The summed E-state index contributed by atoms with van der Waals surface area (Å²) in [7, 11) is -3.67. The van der Waals surface area contributed by atoms with Gasteiger partial charge in [0.1, 0.15) is 6.04 Å². The molecule has 2 aromatic rings. The topological polar surface area (TPSA) is 105 Å². The van der Waals surface area contributed by atoms with Gasteiger partial charge in [-0.15, -0.1) is 11.3 Å². The van der Waals surface area contributed by atoms with Crippen LogP contribution in [0.25, 0.3) is 0 Å². The highest BCUT2D eigenvalue weighted by atomic mass is 32.2. The molecule has 9 nitrogen and oxygen atoms in total. The Morgan fingerprint density at radius 3 is 2.76 bits per heavy atom. The van der Waals surface area contributed by atoms with Crippen LogP contribution in [0.4, 0.5) is 9.59 Å². The van der Waals surface area contributed by atoms with Crippen molar-refractivity contribution < 1.29 is 18.0 Å². The lowest BCUT2D eigenvalue weighted by atomic mass is 10.2. The first-order chi connectivity index (χ1) is 11.9. The molecule has 1 aliphatic rings. The number of amides is 4. The van der Waals surface area contributed by atoms with Gasteiger partial charge in [-0.25, -0.2) is 27.2 Å². The minimum absolute atomic E-state index is 0.0292. The summed E-state index contributed by atoms with van der Waals surface area (Å²) in [6.07, 6.45) is 4.39. The van der Waals surface area contributed by atoms with Crippen molar-refractivity contribution in [2.24, 2.45) is 0 Å². The normalized spacial score (nSPS) is 16.3. The van der Waals surface area contributed by atoms with Crippen molar-refractivity contribution in [1.29, 1.82) is 0 Å². The Bertz CT molecular complexity index is 814. The Morgan fingerprint density at radius 2 is 2.20 bits per heavy atom. The number of hydrogen-bond donors (Lipinski definition) is 1. The average Bonchev–Trinajstić information content (AvgIpc) is 3.28. The lowest BCUT2D eigenvalue weighted by Crippen LogP contribution is -2.45. The van der Waals surface area contributed by atoms with Crippen LogP contribution >= 0.6 is 11.3 Å². The second-order valence-electron chi connectivity index (χ2n) is 5.47. The highest BCUT2D eigenvalue weighted by Gasteiger charge is 2.38. The number of urea groups is 2. The van der Waals surface area contributed by atoms with E-state index in [0.29, 0.717) is 4.31 Å². The molecule has 0 bridgehead atoms. The van der Waals surface area contributed by atoms with Crippen molar-refractivity contribution in [3.8, 4) is 0 Å². The largest absolute Gasteiger partial charge is 0.341 e. The number of rotatable bonds is 5. The number of sulfonamides is 1. The van der Waals surface area contributed by atoms with E-state index in [9.17, 15) is 18.0 Å². The maximum Gasteiger partial charge on any atom is 0.341 e. The van der Waals surface area contributed by atoms with Crippen LogP contribution in [0.15, 0.2) is 36.0 Å². The van der Waals surface area contributed by atoms with E-state index in [1.54, 1.807) is 23.1 Å². The van der Waals surface area contributed by atoms with Crippen molar-refractivity contribution in [2.45, 2.75) is 6.04 Å². The molecule has 25 heavy (non-hydrogen) atoms. The fourth-order valence-electron chi connectivity index (χ4n) is 2.56. The molecule has 3 heterocycles. The number of aromatic nitrogens is 2. The Balaban J connectivity index is 1.68. The Hall–Kier alpha value is -2.40. The summed E-state index contributed by atoms with van der Waals surface area (Å²) in [6.45, 7) is 0.228. The summed E-state index contributed by atoms with van der Waals surface area (Å²) in [4.78, 5) is 26.3. The maximum absolute atomic E-state index is 12.3. The van der Waals surface area contributed by atoms with E-state index >= 15 is 0 Å². The van der Waals surface area contributed by atoms with Crippen molar-refractivity contribution in [3.63, 3.8) is 0 Å². The number of carbonyl (C=O) groups is 2. The zero-order chi connectivity index (χ0) is 18.0. The second kappa shape index (κ2) is 6.84. The van der Waals surface area contributed by atoms with Crippen LogP contribution in [-0.2, 0) is 10.0 Å². The number of thiophene rings is 1. The van der Waals surface area contributed by atoms with Crippen LogP contribution in [0.5, 0.6) is 0 Å². The summed E-state index contributed by atoms with van der Waals surface area (Å²) >= 11 is 1.54. The molecule has 134 valence electrons. The second-order valence-corrected chi connectivity index (χ2v) is 8.36. The lowest BCUT2D eigenvalue weighted by Gasteiger charge is -2.20. The fourth-order valence-corrected chi connectivity index (χ4v) is 4.18. The van der Waals surface area contributed by atoms with Gasteiger partial charge < -0.3 is 5.32 Å². The van der Waals surface area contributed by atoms with Gasteiger partial charge in [-0.05, 0) is 17.5 Å². The molecule has 4 amide bonds. The molecule has 1 aliphatic heterocycles. The molecular formula is C14H17N5O4S2. The van der Waals surface area contributed by atoms with E-state index < -0.39 is 22.1 Å². The van der Waals surface area contributed by atoms with E-state index in [4.69, 9.17) is 0 Å². The van der Waals surface area contributed by atoms with Crippen LogP contribution in [0.1, 0.15) is 10.9 Å². The first-order valence-corrected chi connectivity index (χ1v) is 10.2. The highest BCUT2D eigenvalue weighted by Crippen LogP contribution is 2.22. The number of carbonyl (C=O) groups excluding carboxylic acids is 2. The zero-order valence-electron chi connectivity index (χ0n) is 13.4. The van der Waals surface area contributed by atoms with Crippen molar-refractivity contribution in [1.82, 2.24) is 24.3 Å². The van der Waals surface area contributed by atoms with E-state index in [-0.39, 0.29) is 25.7 Å². The maximum atomic E-state index is 12.3. The minimum atomic E-state index is -3.67. The quantitative estimate of drug-likeness (QED) is 0.827. The number of imide groups is 1. The summed E-state index contributed by atoms with van der Waals surface area (Å²) in [6, 6.07) is 3.98. The monoisotopic (exact) mass is 383 g/mol. The predicted molar refractivity (Wildman–Crippen MR) is 91.7 cm³/mol. The molecule has 0 aromatic carbocycles. The summed E-state index contributed by atoms with van der Waals surface area (Å²) < 4.78 is 25.5. The highest BCUT2D eigenvalue weighted by molar-refractivity contribution is 7.88. The van der Waals surface area contributed by atoms with Gasteiger partial charge in [0.05, 0.1) is 19.3 Å². The average molecular weight is 383 g/mol. The molecule has 2 aromatic heterocycles. The molecule has 1 atom stereocenters. The molecule has 0 aliphatic carbocycles. The van der Waals surface area contributed by atoms with Crippen molar-refractivity contribution in [2.75, 3.05) is 25.9 Å². The molecule has 1 N–H and O–H groups in total. The van der Waals surface area contributed by atoms with Gasteiger partial charge in [0, 0.05) is 23.8 Å². The summed E-state index contributed by atoms with van der Waals surface area (Å²) in [5, 5.41) is 8.84. The van der Waals surface area contributed by atoms with Gasteiger partial charge in [-0.2, -0.15) is 5.10 Å². The molecule has 11 heteroatoms. The SMILES string of the molecule is CS(=O)(=O)N1CCN(C(=O)NC[C@H](c2cccs2)n2cccn2)C1=O. The number of nitrogens with zero attached hydrogens (tertiary/aromatic N) is 4. The van der Waals surface area contributed by atoms with Crippen molar-refractivity contribution in [3.05, 3.63) is 40.8 Å². The zero-order valence-corrected chi connectivity index (χ0v) is 15.0. The summed E-state index contributed by atoms with van der Waals surface area (Å²) in [5.41, 5.74) is 0.